The fourth-order valence-electron chi connectivity index (χ4n) is 2.79. The van der Waals surface area contributed by atoms with Crippen molar-refractivity contribution in [2.24, 2.45) is 0 Å². The van der Waals surface area contributed by atoms with Crippen molar-refractivity contribution in [2.75, 3.05) is 25.1 Å². The molecule has 0 aliphatic carbocycles. The quantitative estimate of drug-likeness (QED) is 0.911. The van der Waals surface area contributed by atoms with Crippen LogP contribution in [0.4, 0.5) is 5.69 Å². The van der Waals surface area contributed by atoms with Gasteiger partial charge in [0, 0.05) is 35.9 Å². The van der Waals surface area contributed by atoms with E-state index in [1.54, 1.807) is 6.20 Å². The average Bonchev–Trinajstić information content (AvgIpc) is 2.51. The van der Waals surface area contributed by atoms with Crippen molar-refractivity contribution < 1.29 is 4.74 Å². The number of nitrogens with one attached hydrogen (secondary N) is 2. The lowest BCUT2D eigenvalue weighted by Gasteiger charge is -2.27. The third-order valence-corrected chi connectivity index (χ3v) is 4.06. The highest BCUT2D eigenvalue weighted by molar-refractivity contribution is 6.35. The van der Waals surface area contributed by atoms with Gasteiger partial charge in [0.1, 0.15) is 0 Å². The van der Waals surface area contributed by atoms with Gasteiger partial charge < -0.3 is 15.4 Å². The maximum absolute atomic E-state index is 6.20. The number of hydrogen-bond donors (Lipinski definition) is 2. The van der Waals surface area contributed by atoms with Gasteiger partial charge in [-0.2, -0.15) is 0 Å². The van der Waals surface area contributed by atoms with Gasteiger partial charge in [0.2, 0.25) is 0 Å². The number of ether oxygens (including phenoxy) is 1. The maximum Gasteiger partial charge on any atom is 0.0908 e. The summed E-state index contributed by atoms with van der Waals surface area (Å²) in [4.78, 5) is 4.36. The summed E-state index contributed by atoms with van der Waals surface area (Å²) in [7, 11) is 0. The van der Waals surface area contributed by atoms with Crippen LogP contribution >= 0.6 is 11.6 Å². The molecule has 4 nitrogen and oxygen atoms in total. The minimum absolute atomic E-state index is 0.341. The van der Waals surface area contributed by atoms with E-state index in [2.05, 4.69) is 22.5 Å². The minimum atomic E-state index is 0.341. The van der Waals surface area contributed by atoms with Gasteiger partial charge in [0.15, 0.2) is 0 Å². The normalized spacial score (nSPS) is 20.4. The summed E-state index contributed by atoms with van der Waals surface area (Å²) in [6.45, 7) is 4.72. The fourth-order valence-corrected chi connectivity index (χ4v) is 3.00. The molecule has 1 aromatic heterocycles. The average molecular weight is 306 g/mol. The Bertz CT molecular complexity index is 613. The van der Waals surface area contributed by atoms with E-state index in [1.165, 1.54) is 0 Å². The minimum Gasteiger partial charge on any atom is -0.382 e. The second-order valence-corrected chi connectivity index (χ2v) is 5.91. The molecule has 0 spiro atoms. The third-order valence-electron chi connectivity index (χ3n) is 3.76. The second kappa shape index (κ2) is 6.60. The molecule has 0 amide bonds. The second-order valence-electron chi connectivity index (χ2n) is 5.50. The van der Waals surface area contributed by atoms with Crippen molar-refractivity contribution >= 4 is 28.2 Å². The van der Waals surface area contributed by atoms with E-state index in [4.69, 9.17) is 16.3 Å². The fraction of sp³-hybridized carbons (Fsp3) is 0.438. The Morgan fingerprint density at radius 1 is 1.48 bits per heavy atom. The molecule has 2 aromatic rings. The maximum atomic E-state index is 6.20. The van der Waals surface area contributed by atoms with Crippen LogP contribution in [0.3, 0.4) is 0 Å². The van der Waals surface area contributed by atoms with Gasteiger partial charge in [-0.3, -0.25) is 4.98 Å². The molecular formula is C16H20ClN3O. The zero-order chi connectivity index (χ0) is 14.7. The molecule has 1 aliphatic heterocycles. The van der Waals surface area contributed by atoms with Crippen molar-refractivity contribution in [1.29, 1.82) is 0 Å². The molecule has 0 radical (unpaired) electrons. The highest BCUT2D eigenvalue weighted by atomic mass is 35.5. The molecule has 0 saturated carbocycles. The first kappa shape index (κ1) is 14.6. The van der Waals surface area contributed by atoms with E-state index in [0.29, 0.717) is 17.1 Å². The van der Waals surface area contributed by atoms with Crippen LogP contribution in [0.15, 0.2) is 30.5 Å². The van der Waals surface area contributed by atoms with Crippen LogP contribution in [0.1, 0.15) is 13.3 Å². The highest BCUT2D eigenvalue weighted by Gasteiger charge is 2.17. The number of aromatic nitrogens is 1. The molecule has 112 valence electrons. The van der Waals surface area contributed by atoms with E-state index in [0.717, 1.165) is 42.8 Å². The van der Waals surface area contributed by atoms with Gasteiger partial charge in [0.25, 0.3) is 0 Å². The van der Waals surface area contributed by atoms with E-state index in [9.17, 15) is 0 Å². The van der Waals surface area contributed by atoms with Crippen LogP contribution < -0.4 is 10.6 Å². The molecule has 0 bridgehead atoms. The van der Waals surface area contributed by atoms with Gasteiger partial charge >= 0.3 is 0 Å². The number of pyridine rings is 1. The van der Waals surface area contributed by atoms with Crippen molar-refractivity contribution in [3.8, 4) is 0 Å². The summed E-state index contributed by atoms with van der Waals surface area (Å²) in [5.41, 5.74) is 1.92. The molecular weight excluding hydrogens is 286 g/mol. The predicted octanol–water partition coefficient (Wildman–Crippen LogP) is 3.07. The topological polar surface area (TPSA) is 46.2 Å². The predicted molar refractivity (Wildman–Crippen MR) is 87.1 cm³/mol. The molecule has 1 saturated heterocycles. The molecule has 1 fully saturated rings. The van der Waals surface area contributed by atoms with E-state index >= 15 is 0 Å². The summed E-state index contributed by atoms with van der Waals surface area (Å²) in [5.74, 6) is 0. The molecule has 2 atom stereocenters. The number of benzene rings is 1. The Kier molecular flexibility index (Phi) is 4.58. The number of fused-ring (bicyclic) bond motifs is 1. The summed E-state index contributed by atoms with van der Waals surface area (Å²) in [6.07, 6.45) is 2.79. The van der Waals surface area contributed by atoms with Crippen LogP contribution in [-0.4, -0.2) is 36.8 Å². The number of hydrogen-bond acceptors (Lipinski definition) is 4. The Labute approximate surface area is 129 Å². The first-order chi connectivity index (χ1) is 10.2. The third kappa shape index (κ3) is 3.46. The SMILES string of the molecule is CC(CC1COCCN1)Nc1ccc(Cl)c2ncccc12. The number of anilines is 1. The van der Waals surface area contributed by atoms with Crippen molar-refractivity contribution in [1.82, 2.24) is 10.3 Å². The molecule has 5 heteroatoms. The Balaban J connectivity index is 1.73. The largest absolute Gasteiger partial charge is 0.382 e. The summed E-state index contributed by atoms with van der Waals surface area (Å²) < 4.78 is 5.50. The molecule has 3 rings (SSSR count). The lowest BCUT2D eigenvalue weighted by molar-refractivity contribution is 0.0731. The molecule has 2 heterocycles. The zero-order valence-electron chi connectivity index (χ0n) is 12.1. The molecule has 1 aromatic carbocycles. The Hall–Kier alpha value is -1.36. The number of morpholine rings is 1. The lowest BCUT2D eigenvalue weighted by atomic mass is 10.1. The lowest BCUT2D eigenvalue weighted by Crippen LogP contribution is -2.43. The van der Waals surface area contributed by atoms with Crippen LogP contribution in [0.2, 0.25) is 5.02 Å². The van der Waals surface area contributed by atoms with Crippen LogP contribution in [0.25, 0.3) is 10.9 Å². The summed E-state index contributed by atoms with van der Waals surface area (Å²) in [6, 6.07) is 8.66. The monoisotopic (exact) mass is 305 g/mol. The summed E-state index contributed by atoms with van der Waals surface area (Å²) in [5, 5.41) is 8.79. The van der Waals surface area contributed by atoms with Gasteiger partial charge in [-0.1, -0.05) is 11.6 Å². The van der Waals surface area contributed by atoms with Crippen LogP contribution in [-0.2, 0) is 4.74 Å². The van der Waals surface area contributed by atoms with Gasteiger partial charge in [0.05, 0.1) is 23.8 Å². The van der Waals surface area contributed by atoms with E-state index in [1.807, 2.05) is 24.3 Å². The van der Waals surface area contributed by atoms with Gasteiger partial charge in [-0.05, 0) is 37.6 Å². The summed E-state index contributed by atoms with van der Waals surface area (Å²) >= 11 is 6.20. The number of rotatable bonds is 4. The van der Waals surface area contributed by atoms with E-state index < -0.39 is 0 Å². The Morgan fingerprint density at radius 3 is 3.19 bits per heavy atom. The number of nitrogens with zero attached hydrogens (tertiary/aromatic N) is 1. The zero-order valence-corrected chi connectivity index (χ0v) is 12.9. The standard InChI is InChI=1S/C16H20ClN3O/c1-11(9-12-10-21-8-7-18-12)20-15-5-4-14(17)16-13(15)3-2-6-19-16/h2-6,11-12,18,20H,7-10H2,1H3. The molecule has 2 unspecified atom stereocenters. The van der Waals surface area contributed by atoms with Gasteiger partial charge in [-0.25, -0.2) is 0 Å². The van der Waals surface area contributed by atoms with Gasteiger partial charge in [-0.15, -0.1) is 0 Å². The van der Waals surface area contributed by atoms with Crippen LogP contribution in [0.5, 0.6) is 0 Å². The van der Waals surface area contributed by atoms with Crippen molar-refractivity contribution in [2.45, 2.75) is 25.4 Å². The van der Waals surface area contributed by atoms with E-state index in [-0.39, 0.29) is 0 Å². The van der Waals surface area contributed by atoms with Crippen molar-refractivity contribution in [3.63, 3.8) is 0 Å². The van der Waals surface area contributed by atoms with Crippen molar-refractivity contribution in [3.05, 3.63) is 35.5 Å². The first-order valence-electron chi connectivity index (χ1n) is 7.35. The highest BCUT2D eigenvalue weighted by Crippen LogP contribution is 2.28. The van der Waals surface area contributed by atoms with Crippen LogP contribution in [0, 0.1) is 0 Å². The Morgan fingerprint density at radius 2 is 2.38 bits per heavy atom. The molecule has 1 aliphatic rings. The molecule has 21 heavy (non-hydrogen) atoms. The number of halogens is 1. The smallest absolute Gasteiger partial charge is 0.0908 e. The molecule has 2 N–H and O–H groups in total. The first-order valence-corrected chi connectivity index (χ1v) is 7.73.